The predicted molar refractivity (Wildman–Crippen MR) is 116 cm³/mol. The van der Waals surface area contributed by atoms with Gasteiger partial charge in [-0.05, 0) is 62.2 Å². The summed E-state index contributed by atoms with van der Waals surface area (Å²) < 4.78 is 37.0. The SMILES string of the molecule is COc1ccc(Cl)cc1NC(=O)[C@H](C)OC(=O)c1ccc(S(=O)(=O)N2CCCC2)cc1. The minimum atomic E-state index is -3.57. The number of methoxy groups -OCH3 is 1. The lowest BCUT2D eigenvalue weighted by molar-refractivity contribution is -0.123. The van der Waals surface area contributed by atoms with E-state index in [2.05, 4.69) is 5.32 Å². The van der Waals surface area contributed by atoms with Crippen molar-refractivity contribution < 1.29 is 27.5 Å². The predicted octanol–water partition coefficient (Wildman–Crippen LogP) is 3.32. The third-order valence-electron chi connectivity index (χ3n) is 4.87. The van der Waals surface area contributed by atoms with Gasteiger partial charge in [-0.25, -0.2) is 13.2 Å². The number of amides is 1. The zero-order valence-electron chi connectivity index (χ0n) is 17.1. The molecule has 8 nitrogen and oxygen atoms in total. The number of carbonyl (C=O) groups is 2. The molecule has 0 unspecified atom stereocenters. The molecule has 0 saturated carbocycles. The number of sulfonamides is 1. The quantitative estimate of drug-likeness (QED) is 0.628. The largest absolute Gasteiger partial charge is 0.495 e. The van der Waals surface area contributed by atoms with Crippen molar-refractivity contribution >= 4 is 39.2 Å². The molecule has 1 fully saturated rings. The highest BCUT2D eigenvalue weighted by Gasteiger charge is 2.27. The molecule has 10 heteroatoms. The van der Waals surface area contributed by atoms with Crippen LogP contribution in [0.5, 0.6) is 5.75 Å². The second-order valence-corrected chi connectivity index (χ2v) is 9.39. The maximum absolute atomic E-state index is 12.6. The summed E-state index contributed by atoms with van der Waals surface area (Å²) in [5.74, 6) is -0.904. The standard InChI is InChI=1S/C21H23ClN2O6S/c1-14(20(25)23-18-13-16(22)7-10-19(18)29-2)30-21(26)15-5-8-17(9-6-15)31(27,28)24-11-3-4-12-24/h5-10,13-14H,3-4,11-12H2,1-2H3,(H,23,25)/t14-/m0/s1. The molecular formula is C21H23ClN2O6S. The maximum atomic E-state index is 12.6. The van der Waals surface area contributed by atoms with Crippen molar-refractivity contribution in [3.8, 4) is 5.75 Å². The number of hydrogen-bond donors (Lipinski definition) is 1. The Hall–Kier alpha value is -2.62. The second-order valence-electron chi connectivity index (χ2n) is 7.02. The first-order chi connectivity index (χ1) is 14.7. The Morgan fingerprint density at radius 2 is 1.74 bits per heavy atom. The fourth-order valence-corrected chi connectivity index (χ4v) is 4.82. The van der Waals surface area contributed by atoms with E-state index in [4.69, 9.17) is 21.1 Å². The summed E-state index contributed by atoms with van der Waals surface area (Å²) in [6, 6.07) is 10.2. The Kier molecular flexibility index (Phi) is 7.19. The first-order valence-corrected chi connectivity index (χ1v) is 11.5. The first kappa shape index (κ1) is 23.1. The lowest BCUT2D eigenvalue weighted by Gasteiger charge is -2.16. The van der Waals surface area contributed by atoms with E-state index in [1.54, 1.807) is 12.1 Å². The van der Waals surface area contributed by atoms with Crippen molar-refractivity contribution in [1.82, 2.24) is 4.31 Å². The second kappa shape index (κ2) is 9.67. The molecule has 1 heterocycles. The molecule has 0 radical (unpaired) electrons. The number of rotatable bonds is 7. The summed E-state index contributed by atoms with van der Waals surface area (Å²) in [5.41, 5.74) is 0.486. The maximum Gasteiger partial charge on any atom is 0.338 e. The molecule has 1 amide bonds. The van der Waals surface area contributed by atoms with Gasteiger partial charge in [-0.1, -0.05) is 11.6 Å². The average molecular weight is 467 g/mol. The van der Waals surface area contributed by atoms with E-state index in [9.17, 15) is 18.0 Å². The number of carbonyl (C=O) groups excluding carboxylic acids is 2. The van der Waals surface area contributed by atoms with Crippen molar-refractivity contribution in [3.63, 3.8) is 0 Å². The minimum Gasteiger partial charge on any atom is -0.495 e. The van der Waals surface area contributed by atoms with Crippen LogP contribution in [0.1, 0.15) is 30.1 Å². The summed E-state index contributed by atoms with van der Waals surface area (Å²) in [5, 5.41) is 3.02. The summed E-state index contributed by atoms with van der Waals surface area (Å²) in [6.45, 7) is 2.42. The van der Waals surface area contributed by atoms with Crippen molar-refractivity contribution in [3.05, 3.63) is 53.1 Å². The molecule has 1 aliphatic rings. The van der Waals surface area contributed by atoms with E-state index in [-0.39, 0.29) is 10.5 Å². The summed E-state index contributed by atoms with van der Waals surface area (Å²) in [4.78, 5) is 24.9. The monoisotopic (exact) mass is 466 g/mol. The van der Waals surface area contributed by atoms with E-state index in [0.29, 0.717) is 29.5 Å². The Balaban J connectivity index is 1.64. The van der Waals surface area contributed by atoms with Crippen LogP contribution in [0, 0.1) is 0 Å². The molecule has 0 aliphatic carbocycles. The van der Waals surface area contributed by atoms with Crippen LogP contribution < -0.4 is 10.1 Å². The minimum absolute atomic E-state index is 0.116. The highest BCUT2D eigenvalue weighted by Crippen LogP contribution is 2.28. The van der Waals surface area contributed by atoms with Crippen LogP contribution in [0.3, 0.4) is 0 Å². The molecule has 1 atom stereocenters. The van der Waals surface area contributed by atoms with Gasteiger partial charge in [0.25, 0.3) is 5.91 Å². The summed E-state index contributed by atoms with van der Waals surface area (Å²) in [6.07, 6.45) is 0.569. The molecule has 31 heavy (non-hydrogen) atoms. The van der Waals surface area contributed by atoms with Gasteiger partial charge in [0.05, 0.1) is 23.3 Å². The molecule has 1 N–H and O–H groups in total. The van der Waals surface area contributed by atoms with Crippen LogP contribution in [-0.4, -0.2) is 50.9 Å². The molecule has 0 bridgehead atoms. The lowest BCUT2D eigenvalue weighted by Crippen LogP contribution is -2.30. The van der Waals surface area contributed by atoms with E-state index in [0.717, 1.165) is 12.8 Å². The van der Waals surface area contributed by atoms with Gasteiger partial charge in [-0.15, -0.1) is 0 Å². The smallest absolute Gasteiger partial charge is 0.338 e. The van der Waals surface area contributed by atoms with Gasteiger partial charge in [0, 0.05) is 18.1 Å². The molecule has 1 saturated heterocycles. The fourth-order valence-electron chi connectivity index (χ4n) is 3.13. The number of ether oxygens (including phenoxy) is 2. The van der Waals surface area contributed by atoms with Crippen LogP contribution in [0.25, 0.3) is 0 Å². The van der Waals surface area contributed by atoms with Gasteiger partial charge in [-0.2, -0.15) is 4.31 Å². The van der Waals surface area contributed by atoms with Crippen LogP contribution in [0.4, 0.5) is 5.69 Å². The van der Waals surface area contributed by atoms with E-state index < -0.39 is 28.0 Å². The van der Waals surface area contributed by atoms with Gasteiger partial charge in [-0.3, -0.25) is 4.79 Å². The fraction of sp³-hybridized carbons (Fsp3) is 0.333. The highest BCUT2D eigenvalue weighted by atomic mass is 35.5. The Morgan fingerprint density at radius 3 is 2.35 bits per heavy atom. The Labute approximate surface area is 186 Å². The van der Waals surface area contributed by atoms with Crippen molar-refractivity contribution in [2.24, 2.45) is 0 Å². The number of benzene rings is 2. The van der Waals surface area contributed by atoms with Crippen LogP contribution in [0.2, 0.25) is 5.02 Å². The molecule has 2 aromatic rings. The Morgan fingerprint density at radius 1 is 1.10 bits per heavy atom. The third-order valence-corrected chi connectivity index (χ3v) is 7.01. The highest BCUT2D eigenvalue weighted by molar-refractivity contribution is 7.89. The number of nitrogens with one attached hydrogen (secondary N) is 1. The van der Waals surface area contributed by atoms with Crippen molar-refractivity contribution in [2.45, 2.75) is 30.8 Å². The van der Waals surface area contributed by atoms with E-state index in [1.807, 2.05) is 0 Å². The molecule has 2 aromatic carbocycles. The van der Waals surface area contributed by atoms with E-state index in [1.165, 1.54) is 48.7 Å². The average Bonchev–Trinajstić information content (AvgIpc) is 3.30. The molecule has 166 valence electrons. The molecule has 0 aromatic heterocycles. The van der Waals surface area contributed by atoms with Gasteiger partial charge in [0.15, 0.2) is 6.10 Å². The Bertz CT molecular complexity index is 1070. The third kappa shape index (κ3) is 5.36. The normalized spacial score (nSPS) is 15.3. The van der Waals surface area contributed by atoms with E-state index >= 15 is 0 Å². The summed E-state index contributed by atoms with van der Waals surface area (Å²) in [7, 11) is -2.11. The number of esters is 1. The van der Waals surface area contributed by atoms with Crippen LogP contribution in [0.15, 0.2) is 47.4 Å². The van der Waals surface area contributed by atoms with Gasteiger partial charge in [0.2, 0.25) is 10.0 Å². The molecule has 1 aliphatic heterocycles. The number of anilines is 1. The molecule has 3 rings (SSSR count). The van der Waals surface area contributed by atoms with Crippen LogP contribution in [-0.2, 0) is 19.6 Å². The lowest BCUT2D eigenvalue weighted by atomic mass is 10.2. The van der Waals surface area contributed by atoms with Gasteiger partial charge >= 0.3 is 5.97 Å². The van der Waals surface area contributed by atoms with Gasteiger partial charge in [0.1, 0.15) is 5.75 Å². The number of hydrogen-bond acceptors (Lipinski definition) is 6. The summed E-state index contributed by atoms with van der Waals surface area (Å²) >= 11 is 5.95. The topological polar surface area (TPSA) is 102 Å². The van der Waals surface area contributed by atoms with Crippen molar-refractivity contribution in [1.29, 1.82) is 0 Å². The van der Waals surface area contributed by atoms with Crippen LogP contribution >= 0.6 is 11.6 Å². The van der Waals surface area contributed by atoms with Gasteiger partial charge < -0.3 is 14.8 Å². The molecular weight excluding hydrogens is 444 g/mol. The zero-order valence-corrected chi connectivity index (χ0v) is 18.7. The number of halogens is 1. The van der Waals surface area contributed by atoms with Crippen molar-refractivity contribution in [2.75, 3.05) is 25.5 Å². The zero-order chi connectivity index (χ0) is 22.6. The first-order valence-electron chi connectivity index (χ1n) is 9.68. The number of nitrogens with zero attached hydrogens (tertiary/aromatic N) is 1. The molecule has 0 spiro atoms.